The molecule has 8 atom stereocenters. The lowest BCUT2D eigenvalue weighted by Crippen LogP contribution is -2.39. The van der Waals surface area contributed by atoms with E-state index in [1.54, 1.807) is 0 Å². The van der Waals surface area contributed by atoms with E-state index >= 15 is 0 Å². The van der Waals surface area contributed by atoms with E-state index < -0.39 is 5.97 Å². The zero-order valence-corrected chi connectivity index (χ0v) is 11.8. The van der Waals surface area contributed by atoms with E-state index in [9.17, 15) is 4.79 Å². The van der Waals surface area contributed by atoms with Gasteiger partial charge in [-0.1, -0.05) is 6.92 Å². The lowest BCUT2D eigenvalue weighted by molar-refractivity contribution is -0.149. The van der Waals surface area contributed by atoms with Gasteiger partial charge >= 0.3 is 5.97 Å². The second-order valence-electron chi connectivity index (χ2n) is 7.49. The summed E-state index contributed by atoms with van der Waals surface area (Å²) in [5.41, 5.74) is 0.0423. The normalized spacial score (nSPS) is 53.4. The Kier molecular flexibility index (Phi) is 2.44. The molecule has 2 heteroatoms. The number of hydrogen-bond donors (Lipinski definition) is 0. The second-order valence-corrected chi connectivity index (χ2v) is 7.49. The molecule has 4 aliphatic carbocycles. The number of hydrogen-bond acceptors (Lipinski definition) is 2. The highest BCUT2D eigenvalue weighted by atomic mass is 16.5. The molecule has 19 heavy (non-hydrogen) atoms. The minimum atomic E-state index is -0.398. The van der Waals surface area contributed by atoms with Crippen molar-refractivity contribution in [1.82, 2.24) is 0 Å². The molecule has 0 aromatic carbocycles. The van der Waals surface area contributed by atoms with Crippen molar-refractivity contribution < 1.29 is 9.53 Å². The van der Waals surface area contributed by atoms with E-state index in [2.05, 4.69) is 6.92 Å². The topological polar surface area (TPSA) is 26.3 Å². The largest absolute Gasteiger partial charge is 0.459 e. The summed E-state index contributed by atoms with van der Waals surface area (Å²) in [7, 11) is 0. The molecule has 4 fully saturated rings. The van der Waals surface area contributed by atoms with Crippen LogP contribution in [0, 0.1) is 48.0 Å². The maximum atomic E-state index is 11.6. The number of ether oxygens (including phenoxy) is 1. The van der Waals surface area contributed by atoms with E-state index in [0.717, 1.165) is 41.9 Å². The SMILES string of the molecule is [C]=C(C)C(=O)OC1CC2CC1C1C3CC(CC3C)C21. The minimum Gasteiger partial charge on any atom is -0.459 e. The smallest absolute Gasteiger partial charge is 0.334 e. The monoisotopic (exact) mass is 258 g/mol. The maximum absolute atomic E-state index is 11.6. The summed E-state index contributed by atoms with van der Waals surface area (Å²) in [6, 6.07) is 0. The van der Waals surface area contributed by atoms with Gasteiger partial charge in [-0.25, -0.2) is 4.79 Å². The molecule has 0 saturated heterocycles. The molecular formula is C17H22O2. The van der Waals surface area contributed by atoms with Crippen molar-refractivity contribution in [2.24, 2.45) is 41.4 Å². The molecule has 0 aromatic heterocycles. The van der Waals surface area contributed by atoms with E-state index in [-0.39, 0.29) is 11.7 Å². The Morgan fingerprint density at radius 3 is 2.47 bits per heavy atom. The number of carbonyl (C=O) groups excluding carboxylic acids is 1. The number of carbonyl (C=O) groups is 1. The van der Waals surface area contributed by atoms with Gasteiger partial charge in [0.25, 0.3) is 0 Å². The molecule has 4 rings (SSSR count). The van der Waals surface area contributed by atoms with Gasteiger partial charge in [0.1, 0.15) is 6.10 Å². The first-order chi connectivity index (χ1) is 9.06. The van der Waals surface area contributed by atoms with E-state index in [4.69, 9.17) is 11.3 Å². The Bertz CT molecular complexity index is 441. The molecule has 0 aliphatic heterocycles. The van der Waals surface area contributed by atoms with Gasteiger partial charge in [-0.3, -0.25) is 0 Å². The van der Waals surface area contributed by atoms with E-state index in [0.29, 0.717) is 5.92 Å². The minimum absolute atomic E-state index is 0.0423. The van der Waals surface area contributed by atoms with Gasteiger partial charge in [-0.2, -0.15) is 0 Å². The molecule has 0 aromatic rings. The highest BCUT2D eigenvalue weighted by molar-refractivity contribution is 5.86. The molecule has 2 radical (unpaired) electrons. The van der Waals surface area contributed by atoms with Crippen LogP contribution in [0.5, 0.6) is 0 Å². The van der Waals surface area contributed by atoms with Gasteiger partial charge in [0.2, 0.25) is 0 Å². The summed E-state index contributed by atoms with van der Waals surface area (Å²) in [5.74, 6) is 5.54. The third-order valence-corrected chi connectivity index (χ3v) is 6.65. The summed E-state index contributed by atoms with van der Waals surface area (Å²) >= 11 is 0. The van der Waals surface area contributed by atoms with Crippen molar-refractivity contribution in [3.63, 3.8) is 0 Å². The molecule has 0 amide bonds. The molecule has 2 nitrogen and oxygen atoms in total. The molecule has 0 spiro atoms. The fourth-order valence-electron chi connectivity index (χ4n) is 6.23. The van der Waals surface area contributed by atoms with Gasteiger partial charge in [0, 0.05) is 12.2 Å². The van der Waals surface area contributed by atoms with Crippen molar-refractivity contribution in [3.8, 4) is 0 Å². The van der Waals surface area contributed by atoms with Crippen LogP contribution in [-0.4, -0.2) is 12.1 Å². The van der Waals surface area contributed by atoms with Crippen LogP contribution in [0.1, 0.15) is 39.5 Å². The van der Waals surface area contributed by atoms with Crippen molar-refractivity contribution in [1.29, 1.82) is 0 Å². The lowest BCUT2D eigenvalue weighted by Gasteiger charge is -2.40. The summed E-state index contributed by atoms with van der Waals surface area (Å²) in [6.07, 6.45) is 5.35. The summed E-state index contributed by atoms with van der Waals surface area (Å²) < 4.78 is 5.59. The van der Waals surface area contributed by atoms with Crippen LogP contribution in [0.2, 0.25) is 0 Å². The number of fused-ring (bicyclic) bond motifs is 9. The van der Waals surface area contributed by atoms with Crippen molar-refractivity contribution in [3.05, 3.63) is 12.2 Å². The quantitative estimate of drug-likeness (QED) is 0.432. The van der Waals surface area contributed by atoms with Gasteiger partial charge in [-0.15, -0.1) is 0 Å². The Morgan fingerprint density at radius 1 is 1.05 bits per heavy atom. The van der Waals surface area contributed by atoms with Crippen LogP contribution in [0.3, 0.4) is 0 Å². The van der Waals surface area contributed by atoms with Gasteiger partial charge in [0.05, 0.1) is 0 Å². The molecule has 0 heterocycles. The van der Waals surface area contributed by atoms with Crippen LogP contribution in [-0.2, 0) is 9.53 Å². The van der Waals surface area contributed by atoms with E-state index in [1.807, 2.05) is 0 Å². The van der Waals surface area contributed by atoms with Crippen LogP contribution in [0.15, 0.2) is 5.57 Å². The second kappa shape index (κ2) is 3.86. The highest BCUT2D eigenvalue weighted by Crippen LogP contribution is 2.69. The highest BCUT2D eigenvalue weighted by Gasteiger charge is 2.64. The average molecular weight is 258 g/mol. The predicted octanol–water partition coefficient (Wildman–Crippen LogP) is 3.10. The molecule has 4 saturated carbocycles. The Labute approximate surface area is 115 Å². The van der Waals surface area contributed by atoms with Crippen molar-refractivity contribution >= 4 is 5.97 Å². The summed E-state index contributed by atoms with van der Waals surface area (Å²) in [4.78, 5) is 11.6. The zero-order valence-electron chi connectivity index (χ0n) is 11.8. The van der Waals surface area contributed by atoms with Crippen molar-refractivity contribution in [2.75, 3.05) is 0 Å². The third kappa shape index (κ3) is 1.52. The standard InChI is InChI=1S/C17H22O2/c1-8(2)17(18)19-14-7-11-6-13(14)16-12-5-10(15(11)16)4-9(12)3/h9-16H,4-7H2,1,3H3. The van der Waals surface area contributed by atoms with Gasteiger partial charge in [-0.05, 0) is 74.0 Å². The Hall–Kier alpha value is -0.790. The molecule has 0 N–H and O–H groups in total. The average Bonchev–Trinajstić information content (AvgIpc) is 3.04. The summed E-state index contributed by atoms with van der Waals surface area (Å²) in [6.45, 7) is 11.3. The lowest BCUT2D eigenvalue weighted by atomic mass is 9.67. The Balaban J connectivity index is 1.53. The summed E-state index contributed by atoms with van der Waals surface area (Å²) in [5, 5.41) is 0. The molecule has 4 bridgehead atoms. The molecule has 8 unspecified atom stereocenters. The first kappa shape index (κ1) is 12.0. The van der Waals surface area contributed by atoms with Crippen molar-refractivity contribution in [2.45, 2.75) is 45.6 Å². The third-order valence-electron chi connectivity index (χ3n) is 6.65. The number of rotatable bonds is 2. The van der Waals surface area contributed by atoms with Gasteiger partial charge < -0.3 is 4.74 Å². The Morgan fingerprint density at radius 2 is 1.74 bits per heavy atom. The van der Waals surface area contributed by atoms with Crippen LogP contribution in [0.4, 0.5) is 0 Å². The first-order valence-corrected chi connectivity index (χ1v) is 7.82. The maximum Gasteiger partial charge on any atom is 0.334 e. The number of esters is 1. The van der Waals surface area contributed by atoms with Crippen LogP contribution >= 0.6 is 0 Å². The fraction of sp³-hybridized carbons (Fsp3) is 0.824. The fourth-order valence-corrected chi connectivity index (χ4v) is 6.23. The zero-order chi connectivity index (χ0) is 13.3. The van der Waals surface area contributed by atoms with Gasteiger partial charge in [0.15, 0.2) is 0 Å². The predicted molar refractivity (Wildman–Crippen MR) is 70.9 cm³/mol. The van der Waals surface area contributed by atoms with Crippen LogP contribution < -0.4 is 0 Å². The van der Waals surface area contributed by atoms with E-state index in [1.165, 1.54) is 26.2 Å². The molecular weight excluding hydrogens is 236 g/mol. The van der Waals surface area contributed by atoms with Crippen LogP contribution in [0.25, 0.3) is 0 Å². The molecule has 102 valence electrons. The molecule has 4 aliphatic rings. The first-order valence-electron chi connectivity index (χ1n) is 7.82.